The summed E-state index contributed by atoms with van der Waals surface area (Å²) >= 11 is 2.85. The van der Waals surface area contributed by atoms with Crippen molar-refractivity contribution in [3.63, 3.8) is 0 Å². The summed E-state index contributed by atoms with van der Waals surface area (Å²) in [5.74, 6) is -1.78. The summed E-state index contributed by atoms with van der Waals surface area (Å²) in [5, 5.41) is 9.34. The molecule has 0 unspecified atom stereocenters. The van der Waals surface area contributed by atoms with E-state index in [1.165, 1.54) is 0 Å². The van der Waals surface area contributed by atoms with Gasteiger partial charge in [-0.25, -0.2) is 8.78 Å². The zero-order chi connectivity index (χ0) is 13.3. The van der Waals surface area contributed by atoms with Crippen molar-refractivity contribution in [2.75, 3.05) is 0 Å². The zero-order valence-electron chi connectivity index (χ0n) is 8.88. The molecule has 2 rings (SSSR count). The quantitative estimate of drug-likeness (QED) is 0.891. The van der Waals surface area contributed by atoms with Crippen LogP contribution in [0.1, 0.15) is 11.4 Å². The summed E-state index contributed by atoms with van der Waals surface area (Å²) in [6.45, 7) is 0. The molecule has 0 atom stereocenters. The maximum Gasteiger partial charge on any atom is 0.269 e. The second-order valence-electron chi connectivity index (χ2n) is 3.60. The summed E-state index contributed by atoms with van der Waals surface area (Å²) in [7, 11) is 0. The molecule has 1 heterocycles. The molecule has 0 aliphatic rings. The second kappa shape index (κ2) is 4.85. The maximum absolute atomic E-state index is 13.0. The number of rotatable bonds is 2. The lowest BCUT2D eigenvalue weighted by molar-refractivity contribution is 0.444. The van der Waals surface area contributed by atoms with E-state index < -0.39 is 23.1 Å². The number of benzene rings is 1. The van der Waals surface area contributed by atoms with Gasteiger partial charge in [-0.1, -0.05) is 0 Å². The average molecular weight is 317 g/mol. The van der Waals surface area contributed by atoms with Gasteiger partial charge in [-0.2, -0.15) is 4.98 Å². The minimum atomic E-state index is -0.714. The van der Waals surface area contributed by atoms with Crippen molar-refractivity contribution in [1.29, 1.82) is 0 Å². The summed E-state index contributed by atoms with van der Waals surface area (Å²) in [5.41, 5.74) is -0.258. The number of nitrogens with zero attached hydrogens (tertiary/aromatic N) is 1. The lowest BCUT2D eigenvalue weighted by Crippen LogP contribution is -2.12. The predicted molar refractivity (Wildman–Crippen MR) is 63.4 cm³/mol. The Bertz CT molecular complexity index is 638. The highest BCUT2D eigenvalue weighted by atomic mass is 79.9. The third-order valence-corrected chi connectivity index (χ3v) is 2.90. The first-order valence-corrected chi connectivity index (χ1v) is 5.67. The Labute approximate surface area is 108 Å². The van der Waals surface area contributed by atoms with E-state index in [1.807, 2.05) is 0 Å². The van der Waals surface area contributed by atoms with Crippen LogP contribution in [0.2, 0.25) is 0 Å². The van der Waals surface area contributed by atoms with Crippen molar-refractivity contribution in [2.45, 2.75) is 6.42 Å². The minimum absolute atomic E-state index is 0.00472. The van der Waals surface area contributed by atoms with E-state index in [4.69, 9.17) is 0 Å². The number of aromatic hydroxyl groups is 1. The molecule has 0 bridgehead atoms. The summed E-state index contributed by atoms with van der Waals surface area (Å²) in [4.78, 5) is 17.4. The molecule has 1 aromatic carbocycles. The van der Waals surface area contributed by atoms with Gasteiger partial charge in [0.1, 0.15) is 21.9 Å². The number of hydrogen-bond acceptors (Lipinski definition) is 3. The van der Waals surface area contributed by atoms with Crippen LogP contribution in [-0.4, -0.2) is 15.1 Å². The van der Waals surface area contributed by atoms with Crippen LogP contribution in [0.3, 0.4) is 0 Å². The Morgan fingerprint density at radius 1 is 1.28 bits per heavy atom. The number of halogens is 3. The first-order valence-electron chi connectivity index (χ1n) is 4.88. The summed E-state index contributed by atoms with van der Waals surface area (Å²) in [6.07, 6.45) is 0.00472. The van der Waals surface area contributed by atoms with Crippen LogP contribution in [0.5, 0.6) is 5.88 Å². The minimum Gasteiger partial charge on any atom is -0.492 e. The van der Waals surface area contributed by atoms with Crippen molar-refractivity contribution < 1.29 is 13.9 Å². The van der Waals surface area contributed by atoms with E-state index in [-0.39, 0.29) is 16.7 Å². The van der Waals surface area contributed by atoms with Crippen molar-refractivity contribution in [1.82, 2.24) is 9.97 Å². The SMILES string of the molecule is O=c1[nH]c(Cc2cc(F)cc(F)c2)nc(O)c1Br. The molecule has 2 aromatic rings. The molecular formula is C11H7BrF2N2O2. The Morgan fingerprint density at radius 2 is 1.89 bits per heavy atom. The first kappa shape index (κ1) is 12.7. The van der Waals surface area contributed by atoms with Crippen molar-refractivity contribution >= 4 is 15.9 Å². The number of aromatic nitrogens is 2. The Balaban J connectivity index is 2.37. The zero-order valence-corrected chi connectivity index (χ0v) is 10.5. The van der Waals surface area contributed by atoms with Crippen LogP contribution >= 0.6 is 15.9 Å². The number of aromatic amines is 1. The lowest BCUT2D eigenvalue weighted by Gasteiger charge is -2.03. The van der Waals surface area contributed by atoms with Gasteiger partial charge in [0.25, 0.3) is 5.56 Å². The normalized spacial score (nSPS) is 10.6. The van der Waals surface area contributed by atoms with Crippen LogP contribution in [0.4, 0.5) is 8.78 Å². The highest BCUT2D eigenvalue weighted by Crippen LogP contribution is 2.17. The van der Waals surface area contributed by atoms with Crippen LogP contribution in [0.15, 0.2) is 27.5 Å². The first-order chi connectivity index (χ1) is 8.45. The highest BCUT2D eigenvalue weighted by Gasteiger charge is 2.09. The van der Waals surface area contributed by atoms with Gasteiger partial charge in [0, 0.05) is 12.5 Å². The molecule has 0 aliphatic heterocycles. The molecule has 7 heteroatoms. The average Bonchev–Trinajstić information content (AvgIpc) is 2.24. The molecule has 94 valence electrons. The summed E-state index contributed by atoms with van der Waals surface area (Å²) < 4.78 is 25.8. The van der Waals surface area contributed by atoms with Gasteiger partial charge in [-0.3, -0.25) is 4.79 Å². The van der Waals surface area contributed by atoms with Crippen molar-refractivity contribution in [2.24, 2.45) is 0 Å². The van der Waals surface area contributed by atoms with E-state index in [1.54, 1.807) is 0 Å². The monoisotopic (exact) mass is 316 g/mol. The third kappa shape index (κ3) is 2.73. The number of H-pyrrole nitrogens is 1. The standard InChI is InChI=1S/C11H7BrF2N2O2/c12-9-10(17)15-8(16-11(9)18)3-5-1-6(13)4-7(14)2-5/h1-2,4H,3H2,(H2,15,16,17,18). The van der Waals surface area contributed by atoms with E-state index in [0.29, 0.717) is 5.56 Å². The van der Waals surface area contributed by atoms with Gasteiger partial charge in [-0.05, 0) is 33.6 Å². The molecule has 0 amide bonds. The lowest BCUT2D eigenvalue weighted by atomic mass is 10.1. The fourth-order valence-corrected chi connectivity index (χ4v) is 1.67. The van der Waals surface area contributed by atoms with Gasteiger partial charge in [0.05, 0.1) is 0 Å². The van der Waals surface area contributed by atoms with Gasteiger partial charge >= 0.3 is 0 Å². The molecule has 0 radical (unpaired) electrons. The second-order valence-corrected chi connectivity index (χ2v) is 4.40. The molecule has 4 nitrogen and oxygen atoms in total. The fraction of sp³-hybridized carbons (Fsp3) is 0.0909. The Hall–Kier alpha value is -1.76. The van der Waals surface area contributed by atoms with Gasteiger partial charge in [-0.15, -0.1) is 0 Å². The molecule has 0 fully saturated rings. The van der Waals surface area contributed by atoms with Gasteiger partial charge in [0.15, 0.2) is 0 Å². The third-order valence-electron chi connectivity index (χ3n) is 2.19. The molecule has 0 spiro atoms. The summed E-state index contributed by atoms with van der Waals surface area (Å²) in [6, 6.07) is 3.00. The molecule has 0 aliphatic carbocycles. The Kier molecular flexibility index (Phi) is 3.42. The van der Waals surface area contributed by atoms with Gasteiger partial charge < -0.3 is 10.1 Å². The van der Waals surface area contributed by atoms with E-state index in [0.717, 1.165) is 18.2 Å². The van der Waals surface area contributed by atoms with Crippen molar-refractivity contribution in [3.05, 3.63) is 56.0 Å². The molecule has 1 aromatic heterocycles. The van der Waals surface area contributed by atoms with Crippen LogP contribution in [-0.2, 0) is 6.42 Å². The fourth-order valence-electron chi connectivity index (χ4n) is 1.48. The van der Waals surface area contributed by atoms with E-state index in [9.17, 15) is 18.7 Å². The van der Waals surface area contributed by atoms with Gasteiger partial charge in [0.2, 0.25) is 5.88 Å². The van der Waals surface area contributed by atoms with Crippen molar-refractivity contribution in [3.8, 4) is 5.88 Å². The smallest absolute Gasteiger partial charge is 0.269 e. The Morgan fingerprint density at radius 3 is 2.44 bits per heavy atom. The topological polar surface area (TPSA) is 66.0 Å². The largest absolute Gasteiger partial charge is 0.492 e. The number of nitrogens with one attached hydrogen (secondary N) is 1. The van der Waals surface area contributed by atoms with Crippen LogP contribution in [0, 0.1) is 11.6 Å². The molecule has 0 saturated heterocycles. The maximum atomic E-state index is 13.0. The highest BCUT2D eigenvalue weighted by molar-refractivity contribution is 9.10. The molecular weight excluding hydrogens is 310 g/mol. The van der Waals surface area contributed by atoms with E-state index in [2.05, 4.69) is 25.9 Å². The number of hydrogen-bond donors (Lipinski definition) is 2. The molecule has 0 saturated carbocycles. The van der Waals surface area contributed by atoms with Crippen LogP contribution < -0.4 is 5.56 Å². The van der Waals surface area contributed by atoms with Crippen LogP contribution in [0.25, 0.3) is 0 Å². The van der Waals surface area contributed by atoms with E-state index >= 15 is 0 Å². The molecule has 18 heavy (non-hydrogen) atoms. The predicted octanol–water partition coefficient (Wildman–Crippen LogP) is 2.11. The molecule has 2 N–H and O–H groups in total.